The van der Waals surface area contributed by atoms with Crippen LogP contribution in [-0.4, -0.2) is 36.1 Å². The van der Waals surface area contributed by atoms with Crippen LogP contribution in [0.5, 0.6) is 0 Å². The van der Waals surface area contributed by atoms with Crippen LogP contribution < -0.4 is 0 Å². The number of ether oxygens (including phenoxy) is 1. The standard InChI is InChI=1S/C19H21NO3/c1-20-14-7-8-15(20)12-16(11-14)22-19(21)18-10-9-17(23-18)13-5-3-2-4-6-13/h2-6,9-10,14-16H,7-8,11-12H2,1H3/t14-,15-/m1/s1. The fourth-order valence-corrected chi connectivity index (χ4v) is 3.87. The number of hydrogen-bond donors (Lipinski definition) is 0. The molecule has 4 heteroatoms. The summed E-state index contributed by atoms with van der Waals surface area (Å²) in [6.45, 7) is 0. The number of nitrogens with zero attached hydrogens (tertiary/aromatic N) is 1. The Kier molecular flexibility index (Phi) is 3.69. The third-order valence-corrected chi connectivity index (χ3v) is 5.19. The van der Waals surface area contributed by atoms with Gasteiger partial charge < -0.3 is 14.1 Å². The second-order valence-corrected chi connectivity index (χ2v) is 6.58. The summed E-state index contributed by atoms with van der Waals surface area (Å²) >= 11 is 0. The summed E-state index contributed by atoms with van der Waals surface area (Å²) in [7, 11) is 2.18. The van der Waals surface area contributed by atoms with E-state index in [9.17, 15) is 4.79 Å². The maximum atomic E-state index is 12.3. The Labute approximate surface area is 136 Å². The molecule has 1 aromatic heterocycles. The van der Waals surface area contributed by atoms with E-state index >= 15 is 0 Å². The molecule has 0 aliphatic carbocycles. The van der Waals surface area contributed by atoms with Crippen LogP contribution in [0.15, 0.2) is 46.9 Å². The topological polar surface area (TPSA) is 42.7 Å². The number of esters is 1. The van der Waals surface area contributed by atoms with Crippen LogP contribution in [0.3, 0.4) is 0 Å². The average molecular weight is 311 g/mol. The lowest BCUT2D eigenvalue weighted by Gasteiger charge is -2.35. The third kappa shape index (κ3) is 2.79. The molecule has 0 unspecified atom stereocenters. The maximum Gasteiger partial charge on any atom is 0.374 e. The van der Waals surface area contributed by atoms with E-state index in [1.807, 2.05) is 36.4 Å². The first-order valence-electron chi connectivity index (χ1n) is 8.29. The largest absolute Gasteiger partial charge is 0.456 e. The number of piperidine rings is 1. The Morgan fingerprint density at radius 3 is 2.48 bits per heavy atom. The number of furan rings is 1. The zero-order valence-corrected chi connectivity index (χ0v) is 13.3. The summed E-state index contributed by atoms with van der Waals surface area (Å²) in [5.41, 5.74) is 0.962. The zero-order chi connectivity index (χ0) is 15.8. The Bertz CT molecular complexity index is 680. The van der Waals surface area contributed by atoms with Gasteiger partial charge in [0.05, 0.1) is 0 Å². The van der Waals surface area contributed by atoms with Gasteiger partial charge in [0.2, 0.25) is 5.76 Å². The van der Waals surface area contributed by atoms with Gasteiger partial charge in [-0.05, 0) is 32.0 Å². The Hall–Kier alpha value is -2.07. The van der Waals surface area contributed by atoms with Gasteiger partial charge in [0, 0.05) is 30.5 Å². The number of rotatable bonds is 3. The molecular weight excluding hydrogens is 290 g/mol. The fraction of sp³-hybridized carbons (Fsp3) is 0.421. The first kappa shape index (κ1) is 14.5. The van der Waals surface area contributed by atoms with Crippen molar-refractivity contribution in [2.45, 2.75) is 43.9 Å². The van der Waals surface area contributed by atoms with Crippen molar-refractivity contribution in [1.29, 1.82) is 0 Å². The molecule has 23 heavy (non-hydrogen) atoms. The highest BCUT2D eigenvalue weighted by molar-refractivity contribution is 5.87. The van der Waals surface area contributed by atoms with Gasteiger partial charge in [-0.2, -0.15) is 0 Å². The fourth-order valence-electron chi connectivity index (χ4n) is 3.87. The number of fused-ring (bicyclic) bond motifs is 2. The molecule has 4 rings (SSSR count). The minimum Gasteiger partial charge on any atom is -0.456 e. The zero-order valence-electron chi connectivity index (χ0n) is 13.3. The van der Waals surface area contributed by atoms with Gasteiger partial charge in [0.25, 0.3) is 0 Å². The van der Waals surface area contributed by atoms with Crippen molar-refractivity contribution in [3.63, 3.8) is 0 Å². The van der Waals surface area contributed by atoms with Crippen LogP contribution in [0, 0.1) is 0 Å². The minimum absolute atomic E-state index is 0.0153. The van der Waals surface area contributed by atoms with E-state index in [0.29, 0.717) is 17.8 Å². The molecule has 0 radical (unpaired) electrons. The highest BCUT2D eigenvalue weighted by Gasteiger charge is 2.40. The first-order chi connectivity index (χ1) is 11.2. The molecule has 3 heterocycles. The van der Waals surface area contributed by atoms with Gasteiger partial charge in [0.15, 0.2) is 0 Å². The summed E-state index contributed by atoms with van der Waals surface area (Å²) in [6.07, 6.45) is 4.32. The molecular formula is C19H21NO3. The molecule has 120 valence electrons. The molecule has 0 amide bonds. The molecule has 2 aromatic rings. The lowest BCUT2D eigenvalue weighted by atomic mass is 10.0. The predicted molar refractivity (Wildman–Crippen MR) is 87.2 cm³/mol. The molecule has 2 bridgehead atoms. The molecule has 2 fully saturated rings. The van der Waals surface area contributed by atoms with E-state index in [1.54, 1.807) is 6.07 Å². The predicted octanol–water partition coefficient (Wildman–Crippen LogP) is 3.73. The van der Waals surface area contributed by atoms with E-state index in [-0.39, 0.29) is 17.8 Å². The molecule has 2 atom stereocenters. The Morgan fingerprint density at radius 2 is 1.78 bits per heavy atom. The van der Waals surface area contributed by atoms with Crippen molar-refractivity contribution >= 4 is 5.97 Å². The highest BCUT2D eigenvalue weighted by Crippen LogP contribution is 2.35. The molecule has 0 N–H and O–H groups in total. The van der Waals surface area contributed by atoms with Gasteiger partial charge in [-0.25, -0.2) is 4.79 Å². The number of carbonyl (C=O) groups excluding carboxylic acids is 1. The van der Waals surface area contributed by atoms with E-state index in [4.69, 9.17) is 9.15 Å². The summed E-state index contributed by atoms with van der Waals surface area (Å²) in [6, 6.07) is 14.4. The summed E-state index contributed by atoms with van der Waals surface area (Å²) in [5.74, 6) is 0.636. The molecule has 4 nitrogen and oxygen atoms in total. The van der Waals surface area contributed by atoms with Crippen LogP contribution in [-0.2, 0) is 4.74 Å². The van der Waals surface area contributed by atoms with E-state index in [2.05, 4.69) is 11.9 Å². The number of hydrogen-bond acceptors (Lipinski definition) is 4. The summed E-state index contributed by atoms with van der Waals surface area (Å²) in [4.78, 5) is 14.8. The van der Waals surface area contributed by atoms with Crippen molar-refractivity contribution in [3.05, 3.63) is 48.2 Å². The average Bonchev–Trinajstić information content (AvgIpc) is 3.12. The summed E-state index contributed by atoms with van der Waals surface area (Å²) in [5, 5.41) is 0. The maximum absolute atomic E-state index is 12.3. The van der Waals surface area contributed by atoms with Crippen molar-refractivity contribution < 1.29 is 13.9 Å². The van der Waals surface area contributed by atoms with Crippen LogP contribution in [0.1, 0.15) is 36.2 Å². The highest BCUT2D eigenvalue weighted by atomic mass is 16.6. The monoisotopic (exact) mass is 311 g/mol. The minimum atomic E-state index is -0.346. The lowest BCUT2D eigenvalue weighted by molar-refractivity contribution is -0.00305. The second-order valence-electron chi connectivity index (χ2n) is 6.58. The third-order valence-electron chi connectivity index (χ3n) is 5.19. The van der Waals surface area contributed by atoms with Crippen molar-refractivity contribution in [2.75, 3.05) is 7.05 Å². The number of benzene rings is 1. The Morgan fingerprint density at radius 1 is 1.09 bits per heavy atom. The SMILES string of the molecule is CN1[C@@H]2CC[C@@H]1CC(OC(=O)c1ccc(-c3ccccc3)o1)C2. The van der Waals surface area contributed by atoms with Crippen molar-refractivity contribution in [3.8, 4) is 11.3 Å². The lowest BCUT2D eigenvalue weighted by Crippen LogP contribution is -2.43. The molecule has 0 spiro atoms. The van der Waals surface area contributed by atoms with Crippen molar-refractivity contribution in [2.24, 2.45) is 0 Å². The molecule has 1 aromatic carbocycles. The van der Waals surface area contributed by atoms with Crippen LogP contribution in [0.25, 0.3) is 11.3 Å². The van der Waals surface area contributed by atoms with Crippen LogP contribution in [0.4, 0.5) is 0 Å². The van der Waals surface area contributed by atoms with Gasteiger partial charge in [0.1, 0.15) is 11.9 Å². The Balaban J connectivity index is 1.43. The molecule has 2 saturated heterocycles. The van der Waals surface area contributed by atoms with Crippen LogP contribution in [0.2, 0.25) is 0 Å². The molecule has 2 aliphatic rings. The molecule has 0 saturated carbocycles. The van der Waals surface area contributed by atoms with E-state index < -0.39 is 0 Å². The van der Waals surface area contributed by atoms with Gasteiger partial charge in [-0.1, -0.05) is 30.3 Å². The number of carbonyl (C=O) groups is 1. The van der Waals surface area contributed by atoms with Crippen molar-refractivity contribution in [1.82, 2.24) is 4.90 Å². The summed E-state index contributed by atoms with van der Waals surface area (Å²) < 4.78 is 11.4. The second kappa shape index (κ2) is 5.85. The van der Waals surface area contributed by atoms with Gasteiger partial charge in [-0.3, -0.25) is 0 Å². The smallest absolute Gasteiger partial charge is 0.374 e. The molecule has 2 aliphatic heterocycles. The van der Waals surface area contributed by atoms with E-state index in [1.165, 1.54) is 12.8 Å². The van der Waals surface area contributed by atoms with Gasteiger partial charge >= 0.3 is 5.97 Å². The first-order valence-corrected chi connectivity index (χ1v) is 8.29. The van der Waals surface area contributed by atoms with E-state index in [0.717, 1.165) is 18.4 Å². The van der Waals surface area contributed by atoms with Gasteiger partial charge in [-0.15, -0.1) is 0 Å². The normalized spacial score (nSPS) is 27.1. The quantitative estimate of drug-likeness (QED) is 0.810. The van der Waals surface area contributed by atoms with Crippen LogP contribution >= 0.6 is 0 Å².